The van der Waals surface area contributed by atoms with Gasteiger partial charge in [-0.3, -0.25) is 0 Å². The Balaban J connectivity index is 2.39. The lowest BCUT2D eigenvalue weighted by atomic mass is 9.99. The third-order valence-corrected chi connectivity index (χ3v) is 2.80. The van der Waals surface area contributed by atoms with E-state index in [2.05, 4.69) is 6.58 Å². The number of hydrogen-bond acceptors (Lipinski definition) is 8. The Morgan fingerprint density at radius 1 is 1.20 bits per heavy atom. The van der Waals surface area contributed by atoms with Crippen LogP contribution in [0.5, 0.6) is 0 Å². The maximum atomic E-state index is 11.1. The zero-order valence-corrected chi connectivity index (χ0v) is 11.1. The molecule has 5 atom stereocenters. The molecule has 1 aliphatic rings. The van der Waals surface area contributed by atoms with Crippen molar-refractivity contribution in [1.82, 2.24) is 0 Å². The van der Waals surface area contributed by atoms with E-state index in [1.807, 2.05) is 0 Å². The lowest BCUT2D eigenvalue weighted by Gasteiger charge is -2.39. The van der Waals surface area contributed by atoms with Crippen LogP contribution in [0, 0.1) is 0 Å². The largest absolute Gasteiger partial charge is 0.460 e. The van der Waals surface area contributed by atoms with Crippen molar-refractivity contribution in [2.75, 3.05) is 19.8 Å². The summed E-state index contributed by atoms with van der Waals surface area (Å²) in [5, 5.41) is 37.7. The molecule has 0 aromatic heterocycles. The first kappa shape index (κ1) is 17.0. The van der Waals surface area contributed by atoms with E-state index in [9.17, 15) is 20.1 Å². The maximum Gasteiger partial charge on any atom is 0.333 e. The van der Waals surface area contributed by atoms with Gasteiger partial charge in [0, 0.05) is 5.57 Å². The van der Waals surface area contributed by atoms with Gasteiger partial charge in [-0.25, -0.2) is 4.79 Å². The third kappa shape index (κ3) is 4.23. The summed E-state index contributed by atoms with van der Waals surface area (Å²) in [6, 6.07) is 0. The molecule has 1 heterocycles. The second-order valence-electron chi connectivity index (χ2n) is 4.48. The molecule has 0 aromatic carbocycles. The van der Waals surface area contributed by atoms with Crippen molar-refractivity contribution in [1.29, 1.82) is 0 Å². The summed E-state index contributed by atoms with van der Waals surface area (Å²) in [6.45, 7) is 4.21. The van der Waals surface area contributed by atoms with Crippen LogP contribution in [-0.4, -0.2) is 76.9 Å². The molecule has 8 nitrogen and oxygen atoms in total. The number of hydrogen-bond donors (Lipinski definition) is 4. The molecule has 1 saturated heterocycles. The zero-order valence-electron chi connectivity index (χ0n) is 11.1. The van der Waals surface area contributed by atoms with Gasteiger partial charge in [0.15, 0.2) is 6.29 Å². The Hall–Kier alpha value is -1.03. The van der Waals surface area contributed by atoms with Gasteiger partial charge >= 0.3 is 5.97 Å². The topological polar surface area (TPSA) is 126 Å². The van der Waals surface area contributed by atoms with E-state index in [0.717, 1.165) is 0 Å². The molecule has 116 valence electrons. The first-order valence-electron chi connectivity index (χ1n) is 6.13. The molecule has 1 rings (SSSR count). The van der Waals surface area contributed by atoms with Gasteiger partial charge in [-0.2, -0.15) is 0 Å². The van der Waals surface area contributed by atoms with Gasteiger partial charge in [0.2, 0.25) is 0 Å². The van der Waals surface area contributed by atoms with Crippen molar-refractivity contribution in [3.8, 4) is 0 Å². The van der Waals surface area contributed by atoms with E-state index >= 15 is 0 Å². The Kier molecular flexibility index (Phi) is 6.53. The summed E-state index contributed by atoms with van der Waals surface area (Å²) in [7, 11) is 0. The van der Waals surface area contributed by atoms with Gasteiger partial charge in [-0.15, -0.1) is 0 Å². The van der Waals surface area contributed by atoms with Gasteiger partial charge in [0.1, 0.15) is 31.0 Å². The second kappa shape index (κ2) is 7.67. The Bertz CT molecular complexity index is 342. The molecule has 20 heavy (non-hydrogen) atoms. The van der Waals surface area contributed by atoms with Gasteiger partial charge in [-0.1, -0.05) is 6.58 Å². The predicted molar refractivity (Wildman–Crippen MR) is 65.5 cm³/mol. The maximum absolute atomic E-state index is 11.1. The lowest BCUT2D eigenvalue weighted by Crippen LogP contribution is -2.59. The Morgan fingerprint density at radius 3 is 2.40 bits per heavy atom. The van der Waals surface area contributed by atoms with E-state index in [1.54, 1.807) is 0 Å². The minimum atomic E-state index is -1.50. The highest BCUT2D eigenvalue weighted by atomic mass is 16.7. The molecule has 8 heteroatoms. The Labute approximate surface area is 116 Å². The number of aliphatic hydroxyl groups is 4. The molecule has 1 fully saturated rings. The number of aliphatic hydroxyl groups excluding tert-OH is 4. The van der Waals surface area contributed by atoms with Crippen LogP contribution in [0.15, 0.2) is 12.2 Å². The highest BCUT2D eigenvalue weighted by Gasteiger charge is 2.43. The molecule has 0 spiro atoms. The van der Waals surface area contributed by atoms with Gasteiger partial charge < -0.3 is 34.6 Å². The molecule has 0 bridgehead atoms. The molecule has 0 radical (unpaired) electrons. The van der Waals surface area contributed by atoms with Crippen LogP contribution in [0.3, 0.4) is 0 Å². The minimum Gasteiger partial charge on any atom is -0.460 e. The lowest BCUT2D eigenvalue weighted by molar-refractivity contribution is -0.302. The molecular weight excluding hydrogens is 272 g/mol. The number of rotatable bonds is 6. The SMILES string of the molecule is C=C(C)C(=O)OCCOC1O[C@H](CO)[C@H](O)[C@H](O)[C@H]1O. The minimum absolute atomic E-state index is 0.0816. The van der Waals surface area contributed by atoms with Crippen molar-refractivity contribution < 1.29 is 39.4 Å². The summed E-state index contributed by atoms with van der Waals surface area (Å²) in [4.78, 5) is 11.1. The fourth-order valence-electron chi connectivity index (χ4n) is 1.63. The molecule has 0 aromatic rings. The third-order valence-electron chi connectivity index (χ3n) is 2.80. The summed E-state index contributed by atoms with van der Waals surface area (Å²) < 4.78 is 15.0. The van der Waals surface area contributed by atoms with Crippen molar-refractivity contribution in [3.05, 3.63) is 12.2 Å². The molecule has 1 unspecified atom stereocenters. The summed E-state index contributed by atoms with van der Waals surface area (Å²) in [6.07, 6.45) is -6.66. The standard InChI is InChI=1S/C12H20O8/c1-6(2)11(17)18-3-4-19-12-10(16)9(15)8(14)7(5-13)20-12/h7-10,12-16H,1,3-5H2,2H3/t7-,8+,9+,10-,12?/m1/s1. The molecule has 0 amide bonds. The first-order valence-corrected chi connectivity index (χ1v) is 6.13. The number of ether oxygens (including phenoxy) is 3. The first-order chi connectivity index (χ1) is 9.38. The number of esters is 1. The van der Waals surface area contributed by atoms with Crippen LogP contribution in [0.1, 0.15) is 6.92 Å². The molecular formula is C12H20O8. The van der Waals surface area contributed by atoms with Gasteiger partial charge in [-0.05, 0) is 6.92 Å². The Morgan fingerprint density at radius 2 is 1.85 bits per heavy atom. The van der Waals surface area contributed by atoms with E-state index in [4.69, 9.17) is 19.3 Å². The van der Waals surface area contributed by atoms with Gasteiger partial charge in [0.25, 0.3) is 0 Å². The van der Waals surface area contributed by atoms with E-state index in [1.165, 1.54) is 6.92 Å². The van der Waals surface area contributed by atoms with E-state index in [-0.39, 0.29) is 18.8 Å². The van der Waals surface area contributed by atoms with Crippen LogP contribution in [0.25, 0.3) is 0 Å². The molecule has 0 saturated carbocycles. The van der Waals surface area contributed by atoms with Crippen LogP contribution in [0.2, 0.25) is 0 Å². The zero-order chi connectivity index (χ0) is 15.3. The molecule has 1 aliphatic heterocycles. The van der Waals surface area contributed by atoms with E-state index in [0.29, 0.717) is 0 Å². The van der Waals surface area contributed by atoms with E-state index < -0.39 is 43.3 Å². The summed E-state index contributed by atoms with van der Waals surface area (Å²) >= 11 is 0. The van der Waals surface area contributed by atoms with Crippen LogP contribution in [0.4, 0.5) is 0 Å². The van der Waals surface area contributed by atoms with Crippen LogP contribution in [-0.2, 0) is 19.0 Å². The summed E-state index contributed by atoms with van der Waals surface area (Å²) in [5.74, 6) is -0.567. The monoisotopic (exact) mass is 292 g/mol. The number of carbonyl (C=O) groups is 1. The quantitative estimate of drug-likeness (QED) is 0.250. The second-order valence-corrected chi connectivity index (χ2v) is 4.48. The van der Waals surface area contributed by atoms with Crippen molar-refractivity contribution in [3.63, 3.8) is 0 Å². The fourth-order valence-corrected chi connectivity index (χ4v) is 1.63. The van der Waals surface area contributed by atoms with Crippen LogP contribution < -0.4 is 0 Å². The highest BCUT2D eigenvalue weighted by molar-refractivity contribution is 5.86. The smallest absolute Gasteiger partial charge is 0.333 e. The summed E-state index contributed by atoms with van der Waals surface area (Å²) in [5.41, 5.74) is 0.248. The van der Waals surface area contributed by atoms with Crippen molar-refractivity contribution in [2.45, 2.75) is 37.6 Å². The average Bonchev–Trinajstić information content (AvgIpc) is 2.42. The molecule has 0 aliphatic carbocycles. The van der Waals surface area contributed by atoms with Crippen molar-refractivity contribution in [2.24, 2.45) is 0 Å². The number of carbonyl (C=O) groups excluding carboxylic acids is 1. The molecule has 4 N–H and O–H groups in total. The average molecular weight is 292 g/mol. The predicted octanol–water partition coefficient (Wildman–Crippen LogP) is -2.08. The van der Waals surface area contributed by atoms with Gasteiger partial charge in [0.05, 0.1) is 13.2 Å². The highest BCUT2D eigenvalue weighted by Crippen LogP contribution is 2.21. The normalized spacial score (nSPS) is 33.8. The fraction of sp³-hybridized carbons (Fsp3) is 0.750. The van der Waals surface area contributed by atoms with Crippen molar-refractivity contribution >= 4 is 5.97 Å². The van der Waals surface area contributed by atoms with Crippen LogP contribution >= 0.6 is 0 Å².